The number of rotatable bonds is 4. The molecule has 4 nitrogen and oxygen atoms in total. The van der Waals surface area contributed by atoms with Gasteiger partial charge in [-0.25, -0.2) is 10.0 Å². The van der Waals surface area contributed by atoms with Crippen molar-refractivity contribution in [1.29, 1.82) is 0 Å². The van der Waals surface area contributed by atoms with Crippen molar-refractivity contribution in [1.82, 2.24) is 10.0 Å². The lowest BCUT2D eigenvalue weighted by molar-refractivity contribution is 0.284. The fraction of sp³-hybridized carbons (Fsp3) is 0.0588. The van der Waals surface area contributed by atoms with E-state index in [0.717, 1.165) is 11.1 Å². The predicted octanol–water partition coefficient (Wildman–Crippen LogP) is 3.52. The molecule has 112 valence electrons. The van der Waals surface area contributed by atoms with Gasteiger partial charge in [0.15, 0.2) is 0 Å². The second kappa shape index (κ2) is 8.00. The minimum atomic E-state index is 0. The largest absolute Gasteiger partial charge is 0.250 e. The maximum Gasteiger partial charge on any atom is 0.133 e. The van der Waals surface area contributed by atoms with Gasteiger partial charge in [0, 0.05) is 12.4 Å². The fourth-order valence-corrected chi connectivity index (χ4v) is 1.91. The molecule has 3 rings (SSSR count). The maximum atomic E-state index is 4.40. The number of hydrogen-bond donors (Lipinski definition) is 0. The van der Waals surface area contributed by atoms with E-state index >= 15 is 0 Å². The number of benzene rings is 2. The van der Waals surface area contributed by atoms with Crippen LogP contribution in [0.3, 0.4) is 0 Å². The Kier molecular flexibility index (Phi) is 5.74. The molecule has 1 heterocycles. The highest BCUT2D eigenvalue weighted by Crippen LogP contribution is 2.08. The number of hydrogen-bond acceptors (Lipinski definition) is 4. The molecule has 0 atom stereocenters. The topological polar surface area (TPSA) is 31.2 Å². The molecule has 0 radical (unpaired) electrons. The lowest BCUT2D eigenvalue weighted by Gasteiger charge is -2.12. The third kappa shape index (κ3) is 4.46. The van der Waals surface area contributed by atoms with Crippen LogP contribution >= 0.6 is 12.4 Å². The van der Waals surface area contributed by atoms with Crippen LogP contribution in [-0.2, 0) is 0 Å². The normalized spacial score (nSPS) is 14.0. The van der Waals surface area contributed by atoms with Crippen LogP contribution < -0.4 is 0 Å². The summed E-state index contributed by atoms with van der Waals surface area (Å²) in [7, 11) is 0. The fourth-order valence-electron chi connectivity index (χ4n) is 1.91. The molecule has 2 aromatic carbocycles. The zero-order valence-corrected chi connectivity index (χ0v) is 12.8. The SMILES string of the molecule is C1=CN(N=Cc2ccccc2)CN1N=Cc1ccccc1.Cl. The Bertz CT molecular complexity index is 595. The molecular weight excluding hydrogens is 296 g/mol. The first-order chi connectivity index (χ1) is 10.4. The summed E-state index contributed by atoms with van der Waals surface area (Å²) in [5.41, 5.74) is 2.16. The average molecular weight is 313 g/mol. The Hall–Kier alpha value is -2.59. The summed E-state index contributed by atoms with van der Waals surface area (Å²) < 4.78 is 0. The number of halogens is 1. The van der Waals surface area contributed by atoms with E-state index in [0.29, 0.717) is 6.67 Å². The van der Waals surface area contributed by atoms with Crippen LogP contribution in [0.5, 0.6) is 0 Å². The van der Waals surface area contributed by atoms with Crippen LogP contribution in [0.15, 0.2) is 83.3 Å². The Labute approximate surface area is 136 Å². The lowest BCUT2D eigenvalue weighted by atomic mass is 10.2. The third-order valence-corrected chi connectivity index (χ3v) is 3.01. The van der Waals surface area contributed by atoms with Crippen molar-refractivity contribution in [2.75, 3.05) is 6.67 Å². The number of hydrazone groups is 2. The molecule has 2 aromatic rings. The Morgan fingerprint density at radius 2 is 1.09 bits per heavy atom. The Morgan fingerprint density at radius 1 is 0.682 bits per heavy atom. The molecule has 0 spiro atoms. The van der Waals surface area contributed by atoms with Gasteiger partial charge in [0.25, 0.3) is 0 Å². The van der Waals surface area contributed by atoms with E-state index in [2.05, 4.69) is 10.2 Å². The maximum absolute atomic E-state index is 4.40. The highest BCUT2D eigenvalue weighted by Gasteiger charge is 2.08. The standard InChI is InChI=1S/C17H16N4.ClH/c1-3-7-16(8-4-1)13-18-20-11-12-21(15-20)19-14-17-9-5-2-6-10-17;/h1-14H,15H2;1H. The summed E-state index contributed by atoms with van der Waals surface area (Å²) in [6.07, 6.45) is 7.49. The Balaban J connectivity index is 0.00000176. The quantitative estimate of drug-likeness (QED) is 0.809. The molecule has 0 saturated carbocycles. The molecule has 0 bridgehead atoms. The van der Waals surface area contributed by atoms with Crippen LogP contribution in [0, 0.1) is 0 Å². The van der Waals surface area contributed by atoms with Gasteiger partial charge in [-0.1, -0.05) is 60.7 Å². The summed E-state index contributed by atoms with van der Waals surface area (Å²) >= 11 is 0. The first-order valence-corrected chi connectivity index (χ1v) is 6.80. The first kappa shape index (κ1) is 15.8. The summed E-state index contributed by atoms with van der Waals surface area (Å²) in [4.78, 5) is 0. The second-order valence-corrected chi connectivity index (χ2v) is 4.63. The molecule has 5 heteroatoms. The van der Waals surface area contributed by atoms with Crippen molar-refractivity contribution in [3.05, 3.63) is 84.2 Å². The molecular formula is C17H17ClN4. The summed E-state index contributed by atoms with van der Waals surface area (Å²) in [6, 6.07) is 20.1. The molecule has 0 N–H and O–H groups in total. The van der Waals surface area contributed by atoms with Crippen LogP contribution in [0.4, 0.5) is 0 Å². The van der Waals surface area contributed by atoms with E-state index < -0.39 is 0 Å². The van der Waals surface area contributed by atoms with E-state index in [4.69, 9.17) is 0 Å². The first-order valence-electron chi connectivity index (χ1n) is 6.80. The number of nitrogens with zero attached hydrogens (tertiary/aromatic N) is 4. The van der Waals surface area contributed by atoms with E-state index in [1.54, 1.807) is 0 Å². The second-order valence-electron chi connectivity index (χ2n) is 4.63. The summed E-state index contributed by atoms with van der Waals surface area (Å²) in [6.45, 7) is 0.618. The van der Waals surface area contributed by atoms with E-state index in [1.165, 1.54) is 0 Å². The molecule has 22 heavy (non-hydrogen) atoms. The van der Waals surface area contributed by atoms with Crippen LogP contribution in [0.25, 0.3) is 0 Å². The predicted molar refractivity (Wildman–Crippen MR) is 93.0 cm³/mol. The zero-order valence-electron chi connectivity index (χ0n) is 12.0. The van der Waals surface area contributed by atoms with E-state index in [-0.39, 0.29) is 12.4 Å². The molecule has 0 saturated heterocycles. The summed E-state index contributed by atoms with van der Waals surface area (Å²) in [5.74, 6) is 0. The van der Waals surface area contributed by atoms with Gasteiger partial charge in [-0.3, -0.25) is 0 Å². The van der Waals surface area contributed by atoms with E-state index in [9.17, 15) is 0 Å². The van der Waals surface area contributed by atoms with Gasteiger partial charge in [-0.05, 0) is 11.1 Å². The van der Waals surface area contributed by atoms with Gasteiger partial charge < -0.3 is 0 Å². The van der Waals surface area contributed by atoms with Crippen molar-refractivity contribution >= 4 is 24.8 Å². The molecule has 0 aliphatic carbocycles. The van der Waals surface area contributed by atoms with Crippen molar-refractivity contribution < 1.29 is 0 Å². The van der Waals surface area contributed by atoms with Gasteiger partial charge >= 0.3 is 0 Å². The van der Waals surface area contributed by atoms with Crippen molar-refractivity contribution in [2.24, 2.45) is 10.2 Å². The van der Waals surface area contributed by atoms with Gasteiger partial charge in [0.1, 0.15) is 6.67 Å². The smallest absolute Gasteiger partial charge is 0.133 e. The molecule has 1 aliphatic rings. The average Bonchev–Trinajstić information content (AvgIpc) is 3.01. The minimum Gasteiger partial charge on any atom is -0.250 e. The molecule has 0 amide bonds. The minimum absolute atomic E-state index is 0. The third-order valence-electron chi connectivity index (χ3n) is 3.01. The summed E-state index contributed by atoms with van der Waals surface area (Å²) in [5, 5.41) is 12.5. The van der Waals surface area contributed by atoms with Gasteiger partial charge in [-0.2, -0.15) is 10.2 Å². The van der Waals surface area contributed by atoms with Gasteiger partial charge in [0.05, 0.1) is 12.4 Å². The monoisotopic (exact) mass is 312 g/mol. The molecule has 1 aliphatic heterocycles. The molecule has 0 aromatic heterocycles. The van der Waals surface area contributed by atoms with Crippen molar-refractivity contribution in [3.63, 3.8) is 0 Å². The van der Waals surface area contributed by atoms with Crippen molar-refractivity contribution in [3.8, 4) is 0 Å². The van der Waals surface area contributed by atoms with Gasteiger partial charge in [-0.15, -0.1) is 12.4 Å². The zero-order chi connectivity index (χ0) is 14.3. The molecule has 0 unspecified atom stereocenters. The van der Waals surface area contributed by atoms with Gasteiger partial charge in [0.2, 0.25) is 0 Å². The van der Waals surface area contributed by atoms with Crippen LogP contribution in [0.2, 0.25) is 0 Å². The van der Waals surface area contributed by atoms with E-state index in [1.807, 2.05) is 95.5 Å². The van der Waals surface area contributed by atoms with Crippen molar-refractivity contribution in [2.45, 2.75) is 0 Å². The molecule has 0 fully saturated rings. The van der Waals surface area contributed by atoms with Crippen LogP contribution in [0.1, 0.15) is 11.1 Å². The lowest BCUT2D eigenvalue weighted by Crippen LogP contribution is -2.17. The Morgan fingerprint density at radius 3 is 1.50 bits per heavy atom. The van der Waals surface area contributed by atoms with Crippen LogP contribution in [-0.4, -0.2) is 29.1 Å². The highest BCUT2D eigenvalue weighted by atomic mass is 35.5. The highest BCUT2D eigenvalue weighted by molar-refractivity contribution is 5.85.